The summed E-state index contributed by atoms with van der Waals surface area (Å²) in [5.41, 5.74) is 0.742. The van der Waals surface area contributed by atoms with Crippen LogP contribution in [0.15, 0.2) is 47.4 Å². The van der Waals surface area contributed by atoms with E-state index in [1.807, 2.05) is 6.92 Å². The molecule has 1 heterocycles. The molecule has 0 unspecified atom stereocenters. The minimum absolute atomic E-state index is 0.0310. The standard InChI is InChI=1S/C24H27Cl2N3O5S/c1-3-12-27-23(31)16(2)28(15-17-10-11-18(25)14-20(17)26)22(30)9-6-13-29-24(32)19-7-4-5-8-21(19)35(29,33)34/h4-5,7-8,10-11,14,16H,3,6,9,12-13,15H2,1-2H3,(H,27,31)/t16-/m0/s1. The summed E-state index contributed by atoms with van der Waals surface area (Å²) in [6, 6.07) is 10.1. The van der Waals surface area contributed by atoms with Gasteiger partial charge in [-0.3, -0.25) is 14.4 Å². The monoisotopic (exact) mass is 539 g/mol. The van der Waals surface area contributed by atoms with Crippen LogP contribution in [-0.4, -0.2) is 54.5 Å². The molecule has 8 nitrogen and oxygen atoms in total. The summed E-state index contributed by atoms with van der Waals surface area (Å²) in [6.45, 7) is 3.95. The zero-order chi connectivity index (χ0) is 25.8. The van der Waals surface area contributed by atoms with Crippen molar-refractivity contribution in [1.29, 1.82) is 0 Å². The van der Waals surface area contributed by atoms with Gasteiger partial charge in [0.1, 0.15) is 10.9 Å². The Bertz CT molecular complexity index is 1240. The van der Waals surface area contributed by atoms with Gasteiger partial charge in [0.25, 0.3) is 15.9 Å². The van der Waals surface area contributed by atoms with E-state index in [-0.39, 0.29) is 48.2 Å². The van der Waals surface area contributed by atoms with Gasteiger partial charge in [0.05, 0.1) is 5.56 Å². The first-order chi connectivity index (χ1) is 16.6. The van der Waals surface area contributed by atoms with Crippen molar-refractivity contribution in [3.8, 4) is 0 Å². The minimum atomic E-state index is -3.95. The molecule has 35 heavy (non-hydrogen) atoms. The third-order valence-electron chi connectivity index (χ3n) is 5.74. The second-order valence-corrected chi connectivity index (χ2v) is 10.9. The lowest BCUT2D eigenvalue weighted by atomic mass is 10.1. The van der Waals surface area contributed by atoms with E-state index in [9.17, 15) is 22.8 Å². The van der Waals surface area contributed by atoms with Crippen molar-refractivity contribution in [2.24, 2.45) is 0 Å². The molecule has 1 aliphatic heterocycles. The van der Waals surface area contributed by atoms with Gasteiger partial charge in [-0.1, -0.05) is 48.3 Å². The molecule has 0 bridgehead atoms. The van der Waals surface area contributed by atoms with Crippen molar-refractivity contribution in [2.75, 3.05) is 13.1 Å². The van der Waals surface area contributed by atoms with Gasteiger partial charge in [0.15, 0.2) is 0 Å². The Morgan fingerprint density at radius 1 is 1.14 bits per heavy atom. The number of sulfonamides is 1. The maximum Gasteiger partial charge on any atom is 0.269 e. The van der Waals surface area contributed by atoms with Crippen LogP contribution in [0.1, 0.15) is 49.0 Å². The van der Waals surface area contributed by atoms with Gasteiger partial charge in [-0.2, -0.15) is 0 Å². The summed E-state index contributed by atoms with van der Waals surface area (Å²) in [7, 11) is -3.95. The number of fused-ring (bicyclic) bond motifs is 1. The van der Waals surface area contributed by atoms with Gasteiger partial charge in [-0.25, -0.2) is 12.7 Å². The third-order valence-corrected chi connectivity index (χ3v) is 8.16. The van der Waals surface area contributed by atoms with Crippen LogP contribution in [0.25, 0.3) is 0 Å². The average molecular weight is 540 g/mol. The molecule has 1 N–H and O–H groups in total. The molecular weight excluding hydrogens is 513 g/mol. The largest absolute Gasteiger partial charge is 0.354 e. The highest BCUT2D eigenvalue weighted by Crippen LogP contribution is 2.30. The van der Waals surface area contributed by atoms with Gasteiger partial charge >= 0.3 is 0 Å². The molecule has 3 rings (SSSR count). The molecule has 0 saturated carbocycles. The van der Waals surface area contributed by atoms with Gasteiger partial charge in [-0.05, 0) is 49.6 Å². The van der Waals surface area contributed by atoms with E-state index >= 15 is 0 Å². The lowest BCUT2D eigenvalue weighted by Gasteiger charge is -2.29. The molecule has 3 amide bonds. The Morgan fingerprint density at radius 3 is 2.51 bits per heavy atom. The molecule has 2 aromatic rings. The molecule has 0 saturated heterocycles. The second kappa shape index (κ2) is 11.4. The highest BCUT2D eigenvalue weighted by atomic mass is 35.5. The molecule has 0 aromatic heterocycles. The zero-order valence-corrected chi connectivity index (χ0v) is 21.8. The fraction of sp³-hybridized carbons (Fsp3) is 0.375. The average Bonchev–Trinajstić information content (AvgIpc) is 3.02. The Morgan fingerprint density at radius 2 is 1.86 bits per heavy atom. The Balaban J connectivity index is 1.72. The third kappa shape index (κ3) is 5.97. The van der Waals surface area contributed by atoms with E-state index in [4.69, 9.17) is 23.2 Å². The second-order valence-electron chi connectivity index (χ2n) is 8.21. The van der Waals surface area contributed by atoms with Gasteiger partial charge in [0, 0.05) is 36.1 Å². The molecule has 0 aliphatic carbocycles. The van der Waals surface area contributed by atoms with Crippen LogP contribution in [0.2, 0.25) is 10.0 Å². The Hall–Kier alpha value is -2.62. The summed E-state index contributed by atoms with van der Waals surface area (Å²) in [4.78, 5) is 39.8. The first kappa shape index (κ1) is 27.0. The number of carbonyl (C=O) groups excluding carboxylic acids is 3. The fourth-order valence-electron chi connectivity index (χ4n) is 3.78. The summed E-state index contributed by atoms with van der Waals surface area (Å²) >= 11 is 12.3. The highest BCUT2D eigenvalue weighted by Gasteiger charge is 2.40. The van der Waals surface area contributed by atoms with Crippen LogP contribution in [-0.2, 0) is 26.2 Å². The predicted molar refractivity (Wildman–Crippen MR) is 134 cm³/mol. The molecule has 0 radical (unpaired) electrons. The van der Waals surface area contributed by atoms with Crippen LogP contribution >= 0.6 is 23.2 Å². The Kier molecular flexibility index (Phi) is 8.79. The number of halogens is 2. The van der Waals surface area contributed by atoms with E-state index in [1.165, 1.54) is 17.0 Å². The van der Waals surface area contributed by atoms with Crippen molar-refractivity contribution >= 4 is 50.9 Å². The summed E-state index contributed by atoms with van der Waals surface area (Å²) in [5.74, 6) is -1.28. The Labute approximate surface area is 215 Å². The number of hydrogen-bond donors (Lipinski definition) is 1. The van der Waals surface area contributed by atoms with Crippen LogP contribution < -0.4 is 5.32 Å². The van der Waals surface area contributed by atoms with E-state index < -0.39 is 22.0 Å². The maximum atomic E-state index is 13.2. The minimum Gasteiger partial charge on any atom is -0.354 e. The normalized spacial score (nSPS) is 15.0. The number of benzene rings is 2. The SMILES string of the molecule is CCCNC(=O)[C@H](C)N(Cc1ccc(Cl)cc1Cl)C(=O)CCCN1C(=O)c2ccccc2S1(=O)=O. The number of amides is 3. The zero-order valence-electron chi connectivity index (χ0n) is 19.5. The van der Waals surface area contributed by atoms with Gasteiger partial charge in [0.2, 0.25) is 11.8 Å². The van der Waals surface area contributed by atoms with E-state index in [2.05, 4.69) is 5.32 Å². The van der Waals surface area contributed by atoms with Crippen LogP contribution in [0.5, 0.6) is 0 Å². The van der Waals surface area contributed by atoms with Gasteiger partial charge in [-0.15, -0.1) is 0 Å². The van der Waals surface area contributed by atoms with Crippen molar-refractivity contribution in [3.63, 3.8) is 0 Å². The summed E-state index contributed by atoms with van der Waals surface area (Å²) in [6.07, 6.45) is 0.786. The van der Waals surface area contributed by atoms with Gasteiger partial charge < -0.3 is 10.2 Å². The molecule has 0 spiro atoms. The van der Waals surface area contributed by atoms with Crippen molar-refractivity contribution in [1.82, 2.24) is 14.5 Å². The lowest BCUT2D eigenvalue weighted by Crippen LogP contribution is -2.47. The molecular formula is C24H27Cl2N3O5S. The molecule has 1 aliphatic rings. The van der Waals surface area contributed by atoms with Crippen LogP contribution in [0.4, 0.5) is 0 Å². The van der Waals surface area contributed by atoms with E-state index in [0.717, 1.165) is 10.7 Å². The molecule has 188 valence electrons. The van der Waals surface area contributed by atoms with E-state index in [0.29, 0.717) is 22.2 Å². The molecule has 2 aromatic carbocycles. The first-order valence-electron chi connectivity index (χ1n) is 11.2. The number of hydrogen-bond acceptors (Lipinski definition) is 5. The predicted octanol–water partition coefficient (Wildman–Crippen LogP) is 3.86. The summed E-state index contributed by atoms with van der Waals surface area (Å²) in [5, 5.41) is 3.60. The lowest BCUT2D eigenvalue weighted by molar-refractivity contribution is -0.140. The number of nitrogens with one attached hydrogen (secondary N) is 1. The van der Waals surface area contributed by atoms with Crippen LogP contribution in [0.3, 0.4) is 0 Å². The van der Waals surface area contributed by atoms with E-state index in [1.54, 1.807) is 37.3 Å². The first-order valence-corrected chi connectivity index (χ1v) is 13.4. The van der Waals surface area contributed by atoms with Crippen molar-refractivity contribution < 1.29 is 22.8 Å². The smallest absolute Gasteiger partial charge is 0.269 e. The molecule has 1 atom stereocenters. The van der Waals surface area contributed by atoms with Crippen LogP contribution in [0, 0.1) is 0 Å². The fourth-order valence-corrected chi connectivity index (χ4v) is 5.86. The number of carbonyl (C=O) groups is 3. The summed E-state index contributed by atoms with van der Waals surface area (Å²) < 4.78 is 26.3. The maximum absolute atomic E-state index is 13.2. The number of rotatable bonds is 10. The molecule has 0 fully saturated rings. The number of nitrogens with zero attached hydrogens (tertiary/aromatic N) is 2. The quantitative estimate of drug-likeness (QED) is 0.493. The molecule has 11 heteroatoms. The van der Waals surface area contributed by atoms with Crippen molar-refractivity contribution in [2.45, 2.75) is 50.6 Å². The van der Waals surface area contributed by atoms with Crippen molar-refractivity contribution in [3.05, 3.63) is 63.6 Å². The highest BCUT2D eigenvalue weighted by molar-refractivity contribution is 7.90. The topological polar surface area (TPSA) is 104 Å².